The highest BCUT2D eigenvalue weighted by molar-refractivity contribution is 7.23. The fraction of sp³-hybridized carbons (Fsp3) is 0.368. The molecule has 0 spiro atoms. The first-order valence-electron chi connectivity index (χ1n) is 9.39. The summed E-state index contributed by atoms with van der Waals surface area (Å²) < 4.78 is 3.08. The van der Waals surface area contributed by atoms with Crippen LogP contribution in [0.2, 0.25) is 0 Å². The first kappa shape index (κ1) is 17.2. The Labute approximate surface area is 165 Å². The smallest absolute Gasteiger partial charge is 0.226 e. The first-order chi connectivity index (χ1) is 13.6. The number of fused-ring (bicyclic) bond motifs is 3. The number of hydrogen-bond acceptors (Lipinski definition) is 6. The second-order valence-corrected chi connectivity index (χ2v) is 8.26. The average Bonchev–Trinajstić information content (AvgIpc) is 3.08. The summed E-state index contributed by atoms with van der Waals surface area (Å²) in [5.41, 5.74) is 9.68. The number of hydrogen-bond donors (Lipinski definition) is 2. The predicted octanol–water partition coefficient (Wildman–Crippen LogP) is 2.91. The standard InChI is InChI=1S/C19H21N7OS/c1-3-26(19(27)10-4-5-10)9-14-23-15-16(25(14)2)17-12(22-18(15)20)8-13(28-17)11-6-7-21-24-11/h6-8,10H,3-5,9H2,1-2H3,(H2,20,22)(H,21,24). The van der Waals surface area contributed by atoms with Crippen molar-refractivity contribution in [1.82, 2.24) is 29.6 Å². The van der Waals surface area contributed by atoms with Crippen LogP contribution in [0.1, 0.15) is 25.6 Å². The van der Waals surface area contributed by atoms with Crippen LogP contribution < -0.4 is 5.73 Å². The summed E-state index contributed by atoms with van der Waals surface area (Å²) in [6.45, 7) is 3.16. The van der Waals surface area contributed by atoms with Gasteiger partial charge in [-0.2, -0.15) is 5.10 Å². The molecule has 8 nitrogen and oxygen atoms in total. The second-order valence-electron chi connectivity index (χ2n) is 7.20. The first-order valence-corrected chi connectivity index (χ1v) is 10.2. The van der Waals surface area contributed by atoms with Gasteiger partial charge in [-0.25, -0.2) is 9.97 Å². The number of aromatic nitrogens is 5. The number of nitrogens with one attached hydrogen (secondary N) is 1. The number of H-pyrrole nitrogens is 1. The van der Waals surface area contributed by atoms with Gasteiger partial charge in [0.1, 0.15) is 11.3 Å². The van der Waals surface area contributed by atoms with Crippen LogP contribution in [0.5, 0.6) is 0 Å². The third-order valence-electron chi connectivity index (χ3n) is 5.32. The number of thiophene rings is 1. The van der Waals surface area contributed by atoms with Crippen molar-refractivity contribution in [3.8, 4) is 10.6 Å². The van der Waals surface area contributed by atoms with E-state index in [-0.39, 0.29) is 11.8 Å². The topological polar surface area (TPSA) is 106 Å². The number of anilines is 1. The van der Waals surface area contributed by atoms with Gasteiger partial charge in [-0.05, 0) is 31.9 Å². The number of nitrogens with zero attached hydrogens (tertiary/aromatic N) is 5. The summed E-state index contributed by atoms with van der Waals surface area (Å²) in [4.78, 5) is 24.8. The Hall–Kier alpha value is -2.94. The zero-order chi connectivity index (χ0) is 19.4. The maximum Gasteiger partial charge on any atom is 0.226 e. The Kier molecular flexibility index (Phi) is 3.87. The predicted molar refractivity (Wildman–Crippen MR) is 110 cm³/mol. The minimum atomic E-state index is 0.197. The summed E-state index contributed by atoms with van der Waals surface area (Å²) in [5.74, 6) is 1.66. The lowest BCUT2D eigenvalue weighted by molar-refractivity contribution is -0.133. The largest absolute Gasteiger partial charge is 0.382 e. The Morgan fingerprint density at radius 2 is 2.25 bits per heavy atom. The number of amides is 1. The number of nitrogen functional groups attached to an aromatic ring is 1. The van der Waals surface area contributed by atoms with Crippen molar-refractivity contribution in [1.29, 1.82) is 0 Å². The van der Waals surface area contributed by atoms with Crippen molar-refractivity contribution in [2.75, 3.05) is 12.3 Å². The van der Waals surface area contributed by atoms with Gasteiger partial charge in [-0.3, -0.25) is 9.89 Å². The molecule has 28 heavy (non-hydrogen) atoms. The molecule has 0 aliphatic heterocycles. The summed E-state index contributed by atoms with van der Waals surface area (Å²) in [7, 11) is 1.98. The second kappa shape index (κ2) is 6.30. The van der Waals surface area contributed by atoms with Crippen LogP contribution in [0.3, 0.4) is 0 Å². The van der Waals surface area contributed by atoms with Crippen molar-refractivity contribution in [3.63, 3.8) is 0 Å². The molecular formula is C19H21N7OS. The van der Waals surface area contributed by atoms with E-state index >= 15 is 0 Å². The number of carbonyl (C=O) groups excluding carboxylic acids is 1. The highest BCUT2D eigenvalue weighted by Crippen LogP contribution is 2.38. The van der Waals surface area contributed by atoms with Crippen LogP contribution in [-0.4, -0.2) is 42.1 Å². The van der Waals surface area contributed by atoms with E-state index in [0.29, 0.717) is 24.4 Å². The van der Waals surface area contributed by atoms with Gasteiger partial charge in [0.15, 0.2) is 5.82 Å². The number of nitrogens with two attached hydrogens (primary N) is 1. The van der Waals surface area contributed by atoms with Gasteiger partial charge in [0, 0.05) is 25.7 Å². The third-order valence-corrected chi connectivity index (χ3v) is 6.48. The summed E-state index contributed by atoms with van der Waals surface area (Å²) in [5, 5.41) is 7.02. The fourth-order valence-electron chi connectivity index (χ4n) is 3.57. The van der Waals surface area contributed by atoms with E-state index in [1.54, 1.807) is 17.5 Å². The lowest BCUT2D eigenvalue weighted by Gasteiger charge is -2.20. The van der Waals surface area contributed by atoms with Gasteiger partial charge in [0.25, 0.3) is 0 Å². The molecule has 0 bridgehead atoms. The SMILES string of the molecule is CCN(Cc1nc2c(N)nc3cc(-c4ccn[nH]4)sc3c2n1C)C(=O)C1CC1. The Bertz CT molecular complexity index is 1190. The van der Waals surface area contributed by atoms with Crippen molar-refractivity contribution in [3.05, 3.63) is 24.2 Å². The molecular weight excluding hydrogens is 374 g/mol. The molecule has 1 aliphatic rings. The molecule has 1 saturated carbocycles. The maximum absolute atomic E-state index is 12.5. The van der Waals surface area contributed by atoms with Crippen molar-refractivity contribution in [2.45, 2.75) is 26.3 Å². The Morgan fingerprint density at radius 3 is 2.93 bits per heavy atom. The number of aromatic amines is 1. The molecule has 144 valence electrons. The Morgan fingerprint density at radius 1 is 1.43 bits per heavy atom. The maximum atomic E-state index is 12.5. The lowest BCUT2D eigenvalue weighted by atomic mass is 10.3. The molecule has 0 aromatic carbocycles. The van der Waals surface area contributed by atoms with Crippen LogP contribution in [0.25, 0.3) is 31.8 Å². The van der Waals surface area contributed by atoms with E-state index in [0.717, 1.165) is 45.0 Å². The van der Waals surface area contributed by atoms with Crippen LogP contribution in [-0.2, 0) is 18.4 Å². The molecule has 0 saturated heterocycles. The van der Waals surface area contributed by atoms with E-state index in [1.165, 1.54) is 0 Å². The normalized spacial score (nSPS) is 14.2. The van der Waals surface area contributed by atoms with Crippen molar-refractivity contribution >= 4 is 44.3 Å². The molecule has 3 N–H and O–H groups in total. The lowest BCUT2D eigenvalue weighted by Crippen LogP contribution is -2.32. The van der Waals surface area contributed by atoms with E-state index in [1.807, 2.05) is 35.6 Å². The molecule has 1 aliphatic carbocycles. The highest BCUT2D eigenvalue weighted by Gasteiger charge is 2.33. The zero-order valence-corrected chi connectivity index (χ0v) is 16.6. The molecule has 4 aromatic rings. The summed E-state index contributed by atoms with van der Waals surface area (Å²) in [6, 6.07) is 3.95. The van der Waals surface area contributed by atoms with Gasteiger partial charge in [-0.15, -0.1) is 11.3 Å². The van der Waals surface area contributed by atoms with Gasteiger partial charge in [-0.1, -0.05) is 0 Å². The molecule has 4 heterocycles. The minimum Gasteiger partial charge on any atom is -0.382 e. The van der Waals surface area contributed by atoms with Crippen LogP contribution in [0.15, 0.2) is 18.3 Å². The molecule has 0 atom stereocenters. The average molecular weight is 395 g/mol. The third kappa shape index (κ3) is 2.65. The number of pyridine rings is 1. The molecule has 4 aromatic heterocycles. The number of rotatable bonds is 5. The molecule has 0 radical (unpaired) electrons. The van der Waals surface area contributed by atoms with Crippen molar-refractivity contribution in [2.24, 2.45) is 13.0 Å². The minimum absolute atomic E-state index is 0.197. The van der Waals surface area contributed by atoms with Crippen molar-refractivity contribution < 1.29 is 4.79 Å². The quantitative estimate of drug-likeness (QED) is 0.540. The number of aryl methyl sites for hydroxylation is 1. The number of imidazole rings is 1. The zero-order valence-electron chi connectivity index (χ0n) is 15.8. The summed E-state index contributed by atoms with van der Waals surface area (Å²) >= 11 is 1.64. The molecule has 9 heteroatoms. The molecule has 1 amide bonds. The van der Waals surface area contributed by atoms with Crippen LogP contribution >= 0.6 is 11.3 Å². The molecule has 0 unspecified atom stereocenters. The van der Waals surface area contributed by atoms with Gasteiger partial charge in [0.05, 0.1) is 32.8 Å². The van der Waals surface area contributed by atoms with Gasteiger partial charge < -0.3 is 15.2 Å². The fourth-order valence-corrected chi connectivity index (χ4v) is 4.73. The van der Waals surface area contributed by atoms with E-state index in [4.69, 9.17) is 10.7 Å². The van der Waals surface area contributed by atoms with Gasteiger partial charge in [0.2, 0.25) is 5.91 Å². The molecule has 5 rings (SSSR count). The van der Waals surface area contributed by atoms with Gasteiger partial charge >= 0.3 is 0 Å². The van der Waals surface area contributed by atoms with E-state index in [2.05, 4.69) is 15.2 Å². The van der Waals surface area contributed by atoms with E-state index in [9.17, 15) is 4.79 Å². The van der Waals surface area contributed by atoms with E-state index < -0.39 is 0 Å². The number of carbonyl (C=O) groups is 1. The summed E-state index contributed by atoms with van der Waals surface area (Å²) in [6.07, 6.45) is 3.73. The highest BCUT2D eigenvalue weighted by atomic mass is 32.1. The Balaban J connectivity index is 1.62. The van der Waals surface area contributed by atoms with Crippen LogP contribution in [0.4, 0.5) is 5.82 Å². The van der Waals surface area contributed by atoms with Crippen LogP contribution in [0, 0.1) is 5.92 Å². The monoisotopic (exact) mass is 395 g/mol. The molecule has 1 fully saturated rings.